The lowest BCUT2D eigenvalue weighted by Gasteiger charge is -2.38. The highest BCUT2D eigenvalue weighted by atomic mass is 16.5. The molecule has 0 aromatic heterocycles. The van der Waals surface area contributed by atoms with Crippen molar-refractivity contribution < 1.29 is 14.6 Å². The summed E-state index contributed by atoms with van der Waals surface area (Å²) in [6, 6.07) is 0.134. The molecule has 5 nitrogen and oxygen atoms in total. The lowest BCUT2D eigenvalue weighted by molar-refractivity contribution is 0.0154. The fourth-order valence-electron chi connectivity index (χ4n) is 3.65. The maximum atomic E-state index is 10.9. The van der Waals surface area contributed by atoms with Crippen molar-refractivity contribution in [3.63, 3.8) is 0 Å². The third kappa shape index (κ3) is 5.61. The first-order chi connectivity index (χ1) is 10.7. The third-order valence-corrected chi connectivity index (χ3v) is 4.91. The Hall–Kier alpha value is -1.07. The molecule has 0 radical (unpaired) electrons. The molecule has 5 heteroatoms. The molecule has 0 aromatic carbocycles. The second kappa shape index (κ2) is 9.16. The SMILES string of the molecule is C/C=C/COC1CCN(CC2CCCCC2NC(=O)O)CC1. The predicted octanol–water partition coefficient (Wildman–Crippen LogP) is 2.87. The number of nitrogens with one attached hydrogen (secondary N) is 1. The first kappa shape index (κ1) is 17.3. The van der Waals surface area contributed by atoms with Gasteiger partial charge >= 0.3 is 6.09 Å². The number of piperidine rings is 1. The first-order valence-electron chi connectivity index (χ1n) is 8.63. The summed E-state index contributed by atoms with van der Waals surface area (Å²) < 4.78 is 5.83. The van der Waals surface area contributed by atoms with Crippen LogP contribution in [0.4, 0.5) is 4.79 Å². The Kier molecular flexibility index (Phi) is 7.19. The number of allylic oxidation sites excluding steroid dienone is 1. The molecule has 2 atom stereocenters. The zero-order chi connectivity index (χ0) is 15.8. The van der Waals surface area contributed by atoms with E-state index in [4.69, 9.17) is 9.84 Å². The van der Waals surface area contributed by atoms with Crippen molar-refractivity contribution in [1.29, 1.82) is 0 Å². The molecule has 1 heterocycles. The van der Waals surface area contributed by atoms with E-state index in [0.29, 0.717) is 18.6 Å². The Morgan fingerprint density at radius 1 is 1.27 bits per heavy atom. The second-order valence-electron chi connectivity index (χ2n) is 6.50. The minimum absolute atomic E-state index is 0.134. The predicted molar refractivity (Wildman–Crippen MR) is 87.1 cm³/mol. The van der Waals surface area contributed by atoms with Gasteiger partial charge in [0.05, 0.1) is 12.7 Å². The molecule has 1 saturated carbocycles. The van der Waals surface area contributed by atoms with Crippen molar-refractivity contribution in [3.8, 4) is 0 Å². The van der Waals surface area contributed by atoms with E-state index in [-0.39, 0.29) is 6.04 Å². The van der Waals surface area contributed by atoms with Crippen molar-refractivity contribution in [3.05, 3.63) is 12.2 Å². The van der Waals surface area contributed by atoms with E-state index in [1.54, 1.807) is 0 Å². The van der Waals surface area contributed by atoms with E-state index in [1.165, 1.54) is 6.42 Å². The number of hydrogen-bond donors (Lipinski definition) is 2. The molecular formula is C17H30N2O3. The first-order valence-corrected chi connectivity index (χ1v) is 8.63. The fourth-order valence-corrected chi connectivity index (χ4v) is 3.65. The summed E-state index contributed by atoms with van der Waals surface area (Å²) in [7, 11) is 0. The Labute approximate surface area is 133 Å². The average molecular weight is 310 g/mol. The number of likely N-dealkylation sites (tertiary alicyclic amines) is 1. The molecule has 2 unspecified atom stereocenters. The largest absolute Gasteiger partial charge is 0.465 e. The molecule has 2 aliphatic rings. The number of hydrogen-bond acceptors (Lipinski definition) is 3. The van der Waals surface area contributed by atoms with Gasteiger partial charge in [0, 0.05) is 25.7 Å². The van der Waals surface area contributed by atoms with E-state index in [9.17, 15) is 4.79 Å². The van der Waals surface area contributed by atoms with Crippen LogP contribution in [0, 0.1) is 5.92 Å². The number of amides is 1. The molecule has 2 fully saturated rings. The summed E-state index contributed by atoms with van der Waals surface area (Å²) in [5, 5.41) is 11.7. The molecule has 0 spiro atoms. The van der Waals surface area contributed by atoms with E-state index >= 15 is 0 Å². The van der Waals surface area contributed by atoms with Gasteiger partial charge in [-0.05, 0) is 38.5 Å². The number of carboxylic acid groups (broad SMARTS) is 1. The molecule has 1 saturated heterocycles. The van der Waals surface area contributed by atoms with Crippen LogP contribution in [0.3, 0.4) is 0 Å². The maximum absolute atomic E-state index is 10.9. The normalized spacial score (nSPS) is 28.0. The van der Waals surface area contributed by atoms with E-state index in [0.717, 1.165) is 51.7 Å². The van der Waals surface area contributed by atoms with Crippen molar-refractivity contribution >= 4 is 6.09 Å². The monoisotopic (exact) mass is 310 g/mol. The number of rotatable bonds is 6. The van der Waals surface area contributed by atoms with Crippen molar-refractivity contribution in [1.82, 2.24) is 10.2 Å². The molecule has 0 aromatic rings. The number of carbonyl (C=O) groups is 1. The quantitative estimate of drug-likeness (QED) is 0.741. The zero-order valence-corrected chi connectivity index (χ0v) is 13.7. The Morgan fingerprint density at radius 3 is 2.68 bits per heavy atom. The lowest BCUT2D eigenvalue weighted by atomic mass is 9.84. The van der Waals surface area contributed by atoms with Crippen molar-refractivity contribution in [2.24, 2.45) is 5.92 Å². The van der Waals surface area contributed by atoms with Gasteiger partial charge in [-0.25, -0.2) is 4.79 Å². The molecule has 22 heavy (non-hydrogen) atoms. The van der Waals surface area contributed by atoms with Gasteiger partial charge in [-0.3, -0.25) is 0 Å². The standard InChI is InChI=1S/C17H30N2O3/c1-2-3-12-22-15-8-10-19(11-9-15)13-14-6-4-5-7-16(14)18-17(20)21/h2-3,14-16,18H,4-13H2,1H3,(H,20,21)/b3-2+. The van der Waals surface area contributed by atoms with Crippen LogP contribution in [0.25, 0.3) is 0 Å². The summed E-state index contributed by atoms with van der Waals surface area (Å²) in [5.74, 6) is 0.463. The molecule has 126 valence electrons. The van der Waals surface area contributed by atoms with Gasteiger partial charge in [-0.1, -0.05) is 25.0 Å². The number of nitrogens with zero attached hydrogens (tertiary/aromatic N) is 1. The summed E-state index contributed by atoms with van der Waals surface area (Å²) >= 11 is 0. The molecule has 2 N–H and O–H groups in total. The van der Waals surface area contributed by atoms with Gasteiger partial charge in [0.1, 0.15) is 0 Å². The Morgan fingerprint density at radius 2 is 2.00 bits per heavy atom. The summed E-state index contributed by atoms with van der Waals surface area (Å²) in [4.78, 5) is 13.4. The van der Waals surface area contributed by atoms with Gasteiger partial charge in [0.15, 0.2) is 0 Å². The molecule has 1 amide bonds. The molecule has 0 bridgehead atoms. The molecule has 2 rings (SSSR count). The fraction of sp³-hybridized carbons (Fsp3) is 0.824. The highest BCUT2D eigenvalue weighted by Crippen LogP contribution is 2.26. The third-order valence-electron chi connectivity index (χ3n) is 4.91. The zero-order valence-electron chi connectivity index (χ0n) is 13.7. The van der Waals surface area contributed by atoms with E-state index in [2.05, 4.69) is 16.3 Å². The molecular weight excluding hydrogens is 280 g/mol. The van der Waals surface area contributed by atoms with Gasteiger partial charge in [0.25, 0.3) is 0 Å². The summed E-state index contributed by atoms with van der Waals surface area (Å²) in [6.45, 7) is 5.88. The van der Waals surface area contributed by atoms with Crippen LogP contribution in [-0.4, -0.2) is 54.5 Å². The Balaban J connectivity index is 1.73. The maximum Gasteiger partial charge on any atom is 0.404 e. The molecule has 1 aliphatic carbocycles. The van der Waals surface area contributed by atoms with Crippen LogP contribution in [-0.2, 0) is 4.74 Å². The van der Waals surface area contributed by atoms with E-state index in [1.807, 2.05) is 13.0 Å². The van der Waals surface area contributed by atoms with Crippen LogP contribution < -0.4 is 5.32 Å². The van der Waals surface area contributed by atoms with Gasteiger partial charge in [-0.15, -0.1) is 0 Å². The second-order valence-corrected chi connectivity index (χ2v) is 6.50. The minimum atomic E-state index is -0.881. The Bertz CT molecular complexity index is 365. The van der Waals surface area contributed by atoms with Crippen molar-refractivity contribution in [2.45, 2.75) is 57.6 Å². The highest BCUT2D eigenvalue weighted by molar-refractivity contribution is 5.64. The average Bonchev–Trinajstić information content (AvgIpc) is 2.51. The smallest absolute Gasteiger partial charge is 0.404 e. The lowest BCUT2D eigenvalue weighted by Crippen LogP contribution is -2.48. The van der Waals surface area contributed by atoms with Crippen LogP contribution in [0.2, 0.25) is 0 Å². The minimum Gasteiger partial charge on any atom is -0.465 e. The highest BCUT2D eigenvalue weighted by Gasteiger charge is 2.29. The molecule has 1 aliphatic heterocycles. The summed E-state index contributed by atoms with van der Waals surface area (Å²) in [6.07, 6.45) is 10.2. The van der Waals surface area contributed by atoms with Gasteiger partial charge < -0.3 is 20.1 Å². The van der Waals surface area contributed by atoms with Gasteiger partial charge in [0.2, 0.25) is 0 Å². The van der Waals surface area contributed by atoms with Crippen LogP contribution in [0.15, 0.2) is 12.2 Å². The topological polar surface area (TPSA) is 61.8 Å². The van der Waals surface area contributed by atoms with E-state index < -0.39 is 6.09 Å². The number of ether oxygens (including phenoxy) is 1. The van der Waals surface area contributed by atoms with Crippen molar-refractivity contribution in [2.75, 3.05) is 26.2 Å². The van der Waals surface area contributed by atoms with Crippen LogP contribution in [0.5, 0.6) is 0 Å². The van der Waals surface area contributed by atoms with Gasteiger partial charge in [-0.2, -0.15) is 0 Å². The van der Waals surface area contributed by atoms with Crippen LogP contribution in [0.1, 0.15) is 45.4 Å². The summed E-state index contributed by atoms with van der Waals surface area (Å²) in [5.41, 5.74) is 0. The van der Waals surface area contributed by atoms with Crippen LogP contribution >= 0.6 is 0 Å².